The first-order valence-corrected chi connectivity index (χ1v) is 7.16. The number of carboxylic acid groups (broad SMARTS) is 1. The van der Waals surface area contributed by atoms with Gasteiger partial charge in [0.25, 0.3) is 5.91 Å². The zero-order valence-electron chi connectivity index (χ0n) is 11.1. The number of aryl methyl sites for hydroxylation is 1. The van der Waals surface area contributed by atoms with Crippen molar-refractivity contribution in [3.8, 4) is 0 Å². The third kappa shape index (κ3) is 3.45. The maximum atomic E-state index is 12.1. The van der Waals surface area contributed by atoms with Crippen molar-refractivity contribution in [3.63, 3.8) is 0 Å². The van der Waals surface area contributed by atoms with Crippen LogP contribution in [0.25, 0.3) is 0 Å². The molecule has 0 aliphatic rings. The summed E-state index contributed by atoms with van der Waals surface area (Å²) in [5, 5.41) is 13.4. The Morgan fingerprint density at radius 3 is 2.50 bits per heavy atom. The van der Waals surface area contributed by atoms with E-state index in [1.54, 1.807) is 24.3 Å². The van der Waals surface area contributed by atoms with E-state index in [1.165, 1.54) is 11.3 Å². The number of benzene rings is 1. The maximum Gasteiger partial charge on any atom is 0.307 e. The highest BCUT2D eigenvalue weighted by molar-refractivity contribution is 7.12. The van der Waals surface area contributed by atoms with Crippen molar-refractivity contribution in [1.82, 2.24) is 0 Å². The molecule has 1 amide bonds. The van der Waals surface area contributed by atoms with Crippen molar-refractivity contribution in [2.45, 2.75) is 19.8 Å². The SMILES string of the molecule is CCc1ccsc1C(=O)Nc1ccc(CC(=O)O)cc1. The van der Waals surface area contributed by atoms with Crippen molar-refractivity contribution >= 4 is 28.9 Å². The van der Waals surface area contributed by atoms with E-state index in [4.69, 9.17) is 5.11 Å². The van der Waals surface area contributed by atoms with E-state index < -0.39 is 5.97 Å². The van der Waals surface area contributed by atoms with Crippen molar-refractivity contribution in [2.75, 3.05) is 5.32 Å². The average Bonchev–Trinajstić information content (AvgIpc) is 2.89. The van der Waals surface area contributed by atoms with Crippen molar-refractivity contribution in [3.05, 3.63) is 51.7 Å². The zero-order valence-corrected chi connectivity index (χ0v) is 11.9. The van der Waals surface area contributed by atoms with Crippen LogP contribution in [0.3, 0.4) is 0 Å². The molecule has 0 fully saturated rings. The topological polar surface area (TPSA) is 66.4 Å². The van der Waals surface area contributed by atoms with E-state index >= 15 is 0 Å². The molecule has 0 spiro atoms. The molecule has 5 heteroatoms. The summed E-state index contributed by atoms with van der Waals surface area (Å²) in [6.45, 7) is 2.01. The van der Waals surface area contributed by atoms with E-state index in [0.29, 0.717) is 11.3 Å². The molecule has 0 unspecified atom stereocenters. The number of hydrogen-bond donors (Lipinski definition) is 2. The fraction of sp³-hybridized carbons (Fsp3) is 0.200. The van der Waals surface area contributed by atoms with E-state index in [0.717, 1.165) is 16.9 Å². The summed E-state index contributed by atoms with van der Waals surface area (Å²) in [5.74, 6) is -0.990. The van der Waals surface area contributed by atoms with Gasteiger partial charge in [-0.1, -0.05) is 19.1 Å². The summed E-state index contributed by atoms with van der Waals surface area (Å²) >= 11 is 1.42. The van der Waals surface area contributed by atoms with Gasteiger partial charge in [-0.2, -0.15) is 0 Å². The third-order valence-corrected chi connectivity index (χ3v) is 3.86. The normalized spacial score (nSPS) is 10.2. The van der Waals surface area contributed by atoms with Crippen molar-refractivity contribution in [2.24, 2.45) is 0 Å². The van der Waals surface area contributed by atoms with Gasteiger partial charge in [-0.05, 0) is 41.1 Å². The monoisotopic (exact) mass is 289 g/mol. The molecule has 2 N–H and O–H groups in total. The minimum Gasteiger partial charge on any atom is -0.481 e. The molecule has 4 nitrogen and oxygen atoms in total. The van der Waals surface area contributed by atoms with Crippen LogP contribution in [0.4, 0.5) is 5.69 Å². The van der Waals surface area contributed by atoms with E-state index in [-0.39, 0.29) is 12.3 Å². The highest BCUT2D eigenvalue weighted by atomic mass is 32.1. The number of anilines is 1. The number of hydrogen-bond acceptors (Lipinski definition) is 3. The Morgan fingerprint density at radius 2 is 1.90 bits per heavy atom. The van der Waals surface area contributed by atoms with Crippen LogP contribution in [-0.4, -0.2) is 17.0 Å². The van der Waals surface area contributed by atoms with Gasteiger partial charge in [0.1, 0.15) is 0 Å². The molecule has 0 radical (unpaired) electrons. The van der Waals surface area contributed by atoms with E-state index in [9.17, 15) is 9.59 Å². The van der Waals surface area contributed by atoms with Crippen LogP contribution in [0, 0.1) is 0 Å². The average molecular weight is 289 g/mol. The van der Waals surface area contributed by atoms with Gasteiger partial charge in [0.05, 0.1) is 11.3 Å². The molecule has 1 aromatic heterocycles. The second kappa shape index (κ2) is 6.34. The molecule has 0 atom stereocenters. The van der Waals surface area contributed by atoms with Crippen LogP contribution >= 0.6 is 11.3 Å². The van der Waals surface area contributed by atoms with Gasteiger partial charge >= 0.3 is 5.97 Å². The predicted octanol–water partition coefficient (Wildman–Crippen LogP) is 3.19. The number of amides is 1. The van der Waals surface area contributed by atoms with Gasteiger partial charge in [-0.3, -0.25) is 9.59 Å². The smallest absolute Gasteiger partial charge is 0.307 e. The van der Waals surface area contributed by atoms with Crippen LogP contribution in [0.5, 0.6) is 0 Å². The van der Waals surface area contributed by atoms with Gasteiger partial charge in [0.2, 0.25) is 0 Å². The molecule has 1 heterocycles. The van der Waals surface area contributed by atoms with Gasteiger partial charge in [-0.15, -0.1) is 11.3 Å². The van der Waals surface area contributed by atoms with Gasteiger partial charge in [-0.25, -0.2) is 0 Å². The fourth-order valence-electron chi connectivity index (χ4n) is 1.88. The summed E-state index contributed by atoms with van der Waals surface area (Å²) in [5.41, 5.74) is 2.41. The molecular weight excluding hydrogens is 274 g/mol. The minimum absolute atomic E-state index is 0.0147. The minimum atomic E-state index is -0.868. The highest BCUT2D eigenvalue weighted by Crippen LogP contribution is 2.19. The standard InChI is InChI=1S/C15H15NO3S/c1-2-11-7-8-20-14(11)15(19)16-12-5-3-10(4-6-12)9-13(17)18/h3-8H,2,9H2,1H3,(H,16,19)(H,17,18). The molecule has 20 heavy (non-hydrogen) atoms. The van der Waals surface area contributed by atoms with E-state index in [2.05, 4.69) is 5.32 Å². The first-order valence-electron chi connectivity index (χ1n) is 6.28. The van der Waals surface area contributed by atoms with Crippen LogP contribution in [0.2, 0.25) is 0 Å². The Labute approximate surface area is 121 Å². The molecule has 104 valence electrons. The molecular formula is C15H15NO3S. The van der Waals surface area contributed by atoms with Gasteiger partial charge < -0.3 is 10.4 Å². The Kier molecular flexibility index (Phi) is 4.53. The molecule has 2 aromatic rings. The van der Waals surface area contributed by atoms with Crippen LogP contribution in [0.1, 0.15) is 27.7 Å². The molecule has 0 bridgehead atoms. The lowest BCUT2D eigenvalue weighted by Crippen LogP contribution is -2.12. The quantitative estimate of drug-likeness (QED) is 0.888. The second-order valence-electron chi connectivity index (χ2n) is 4.35. The van der Waals surface area contributed by atoms with Crippen molar-refractivity contribution in [1.29, 1.82) is 0 Å². The van der Waals surface area contributed by atoms with Gasteiger partial charge in [0, 0.05) is 5.69 Å². The number of thiophene rings is 1. The summed E-state index contributed by atoms with van der Waals surface area (Å²) < 4.78 is 0. The number of aliphatic carboxylic acids is 1. The van der Waals surface area contributed by atoms with Crippen molar-refractivity contribution < 1.29 is 14.7 Å². The number of carbonyl (C=O) groups is 2. The summed E-state index contributed by atoms with van der Waals surface area (Å²) in [6, 6.07) is 8.80. The number of carboxylic acids is 1. The molecule has 0 aliphatic heterocycles. The fourth-order valence-corrected chi connectivity index (χ4v) is 2.77. The lowest BCUT2D eigenvalue weighted by molar-refractivity contribution is -0.136. The number of nitrogens with one attached hydrogen (secondary N) is 1. The van der Waals surface area contributed by atoms with Crippen LogP contribution < -0.4 is 5.32 Å². The van der Waals surface area contributed by atoms with E-state index in [1.807, 2.05) is 18.4 Å². The van der Waals surface area contributed by atoms with Crippen LogP contribution in [0.15, 0.2) is 35.7 Å². The first-order chi connectivity index (χ1) is 9.60. The summed E-state index contributed by atoms with van der Waals surface area (Å²) in [6.07, 6.45) is 0.808. The second-order valence-corrected chi connectivity index (χ2v) is 5.27. The predicted molar refractivity (Wildman–Crippen MR) is 79.4 cm³/mol. The Balaban J connectivity index is 2.06. The highest BCUT2D eigenvalue weighted by Gasteiger charge is 2.12. The molecule has 0 saturated heterocycles. The number of carbonyl (C=O) groups excluding carboxylic acids is 1. The molecule has 0 aliphatic carbocycles. The maximum absolute atomic E-state index is 12.1. The Bertz CT molecular complexity index is 616. The number of rotatable bonds is 5. The largest absolute Gasteiger partial charge is 0.481 e. The summed E-state index contributed by atoms with van der Waals surface area (Å²) in [4.78, 5) is 23.4. The lowest BCUT2D eigenvalue weighted by atomic mass is 10.1. The molecule has 1 aromatic carbocycles. The Morgan fingerprint density at radius 1 is 1.20 bits per heavy atom. The lowest BCUT2D eigenvalue weighted by Gasteiger charge is -2.06. The summed E-state index contributed by atoms with van der Waals surface area (Å²) in [7, 11) is 0. The molecule has 2 rings (SSSR count). The van der Waals surface area contributed by atoms with Crippen LogP contribution in [-0.2, 0) is 17.6 Å². The third-order valence-electron chi connectivity index (χ3n) is 2.90. The van der Waals surface area contributed by atoms with Gasteiger partial charge in [0.15, 0.2) is 0 Å². The molecule has 0 saturated carbocycles. The Hall–Kier alpha value is -2.14. The zero-order chi connectivity index (χ0) is 14.5. The first kappa shape index (κ1) is 14.3.